The van der Waals surface area contributed by atoms with E-state index >= 15 is 0 Å². The van der Waals surface area contributed by atoms with E-state index in [2.05, 4.69) is 83.8 Å². The normalized spacial score (nSPS) is 13.9. The highest BCUT2D eigenvalue weighted by molar-refractivity contribution is 9.11. The topological polar surface area (TPSA) is 0 Å². The molecule has 0 aliphatic heterocycles. The Balaban J connectivity index is 1.90. The molecule has 0 bridgehead atoms. The standard InChI is InChI=1S/C30H38Br2S2/c1-5-9-11-19(7-3)13-21-15-23-24(16-22(21)14-20(8-4)12-10-6-2)26-18-28(32)34-30(26)29-25(23)17-27(31)33-29/h15-20H,5-14H2,1-4H3. The Bertz CT molecular complexity index is 1150. The molecule has 0 amide bonds. The molecule has 2 heterocycles. The van der Waals surface area contributed by atoms with Crippen molar-refractivity contribution in [2.45, 2.75) is 91.9 Å². The predicted octanol–water partition coefficient (Wildman–Crippen LogP) is 12.3. The van der Waals surface area contributed by atoms with Crippen LogP contribution in [0.5, 0.6) is 0 Å². The van der Waals surface area contributed by atoms with Gasteiger partial charge in [-0.15, -0.1) is 22.7 Å². The fraction of sp³-hybridized carbons (Fsp3) is 0.533. The first-order chi connectivity index (χ1) is 16.5. The fourth-order valence-electron chi connectivity index (χ4n) is 5.48. The lowest BCUT2D eigenvalue weighted by Crippen LogP contribution is -2.10. The lowest BCUT2D eigenvalue weighted by Gasteiger charge is -2.22. The molecule has 0 saturated heterocycles. The number of halogens is 2. The van der Waals surface area contributed by atoms with E-state index in [0.717, 1.165) is 11.8 Å². The summed E-state index contributed by atoms with van der Waals surface area (Å²) in [7, 11) is 0. The van der Waals surface area contributed by atoms with Crippen LogP contribution < -0.4 is 0 Å². The van der Waals surface area contributed by atoms with Crippen molar-refractivity contribution in [2.75, 3.05) is 0 Å². The second-order valence-corrected chi connectivity index (χ2v) is 14.9. The summed E-state index contributed by atoms with van der Waals surface area (Å²) < 4.78 is 5.31. The Morgan fingerprint density at radius 1 is 0.618 bits per heavy atom. The number of hydrogen-bond donors (Lipinski definition) is 0. The van der Waals surface area contributed by atoms with Crippen LogP contribution in [0.4, 0.5) is 0 Å². The van der Waals surface area contributed by atoms with E-state index in [4.69, 9.17) is 0 Å². The monoisotopic (exact) mass is 620 g/mol. The van der Waals surface area contributed by atoms with E-state index in [9.17, 15) is 0 Å². The Morgan fingerprint density at radius 2 is 1.03 bits per heavy atom. The molecule has 2 atom stereocenters. The second-order valence-electron chi connectivity index (χ2n) is 9.99. The molecule has 2 unspecified atom stereocenters. The Morgan fingerprint density at radius 3 is 1.38 bits per heavy atom. The van der Waals surface area contributed by atoms with E-state index < -0.39 is 0 Å². The summed E-state index contributed by atoms with van der Waals surface area (Å²) >= 11 is 11.3. The largest absolute Gasteiger partial charge is 0.127 e. The van der Waals surface area contributed by atoms with Crippen LogP contribution in [0.15, 0.2) is 31.8 Å². The molecule has 4 aromatic rings. The van der Waals surface area contributed by atoms with Gasteiger partial charge >= 0.3 is 0 Å². The third-order valence-electron chi connectivity index (χ3n) is 7.63. The minimum Gasteiger partial charge on any atom is -0.127 e. The van der Waals surface area contributed by atoms with Gasteiger partial charge in [0.25, 0.3) is 0 Å². The van der Waals surface area contributed by atoms with Gasteiger partial charge in [-0.05, 0) is 90.6 Å². The molecule has 0 N–H and O–H groups in total. The Hall–Kier alpha value is -0.420. The molecule has 34 heavy (non-hydrogen) atoms. The van der Waals surface area contributed by atoms with E-state index in [1.54, 1.807) is 11.1 Å². The van der Waals surface area contributed by atoms with Crippen LogP contribution >= 0.6 is 54.5 Å². The van der Waals surface area contributed by atoms with E-state index in [-0.39, 0.29) is 0 Å². The number of fused-ring (bicyclic) bond motifs is 6. The molecule has 0 spiro atoms. The summed E-state index contributed by atoms with van der Waals surface area (Å²) in [5.41, 5.74) is 3.23. The van der Waals surface area contributed by atoms with Crippen LogP contribution in [0.1, 0.15) is 90.2 Å². The highest BCUT2D eigenvalue weighted by atomic mass is 79.9. The molecule has 184 valence electrons. The predicted molar refractivity (Wildman–Crippen MR) is 164 cm³/mol. The summed E-state index contributed by atoms with van der Waals surface area (Å²) in [6.45, 7) is 9.42. The fourth-order valence-corrected chi connectivity index (χ4v) is 8.87. The first-order valence-electron chi connectivity index (χ1n) is 13.2. The number of rotatable bonds is 12. The average Bonchev–Trinajstić information content (AvgIpc) is 3.41. The van der Waals surface area contributed by atoms with Crippen molar-refractivity contribution >= 4 is 85.5 Å². The van der Waals surface area contributed by atoms with Gasteiger partial charge < -0.3 is 0 Å². The summed E-state index contributed by atoms with van der Waals surface area (Å²) in [5, 5.41) is 5.73. The maximum Gasteiger partial charge on any atom is 0.0711 e. The molecule has 0 fully saturated rings. The second kappa shape index (κ2) is 12.2. The maximum atomic E-state index is 3.79. The molecular formula is C30H38Br2S2. The van der Waals surface area contributed by atoms with Crippen molar-refractivity contribution in [3.63, 3.8) is 0 Å². The van der Waals surface area contributed by atoms with E-state index in [1.807, 2.05) is 22.7 Å². The van der Waals surface area contributed by atoms with Gasteiger partial charge in [-0.2, -0.15) is 0 Å². The van der Waals surface area contributed by atoms with Crippen LogP contribution in [0, 0.1) is 11.8 Å². The van der Waals surface area contributed by atoms with Crippen LogP contribution in [0.2, 0.25) is 0 Å². The van der Waals surface area contributed by atoms with Gasteiger partial charge in [0.1, 0.15) is 0 Å². The van der Waals surface area contributed by atoms with Gasteiger partial charge in [-0.25, -0.2) is 0 Å². The first-order valence-corrected chi connectivity index (χ1v) is 16.5. The number of unbranched alkanes of at least 4 members (excludes halogenated alkanes) is 2. The van der Waals surface area contributed by atoms with Gasteiger partial charge in [-0.3, -0.25) is 0 Å². The average molecular weight is 623 g/mol. The van der Waals surface area contributed by atoms with Crippen LogP contribution in [-0.2, 0) is 12.8 Å². The van der Waals surface area contributed by atoms with E-state index in [0.29, 0.717) is 0 Å². The highest BCUT2D eigenvalue weighted by Gasteiger charge is 2.19. The van der Waals surface area contributed by atoms with Crippen molar-refractivity contribution in [3.05, 3.63) is 43.0 Å². The summed E-state index contributed by atoms with van der Waals surface area (Å²) in [5.74, 6) is 1.58. The van der Waals surface area contributed by atoms with Crippen molar-refractivity contribution < 1.29 is 0 Å². The molecule has 0 radical (unpaired) electrons. The molecule has 0 aliphatic rings. The SMILES string of the molecule is CCCCC(CC)Cc1cc2c(cc1CC(CC)CCCC)c1cc(Br)sc1c1sc(Br)cc21. The van der Waals surface area contributed by atoms with Gasteiger partial charge in [-0.1, -0.05) is 91.2 Å². The van der Waals surface area contributed by atoms with Gasteiger partial charge in [0.05, 0.1) is 17.0 Å². The molecule has 2 aromatic heterocycles. The zero-order valence-electron chi connectivity index (χ0n) is 21.1. The van der Waals surface area contributed by atoms with Crippen molar-refractivity contribution in [1.29, 1.82) is 0 Å². The highest BCUT2D eigenvalue weighted by Crippen LogP contribution is 2.46. The lowest BCUT2D eigenvalue weighted by atomic mass is 9.83. The number of thiophene rings is 2. The molecular weight excluding hydrogens is 584 g/mol. The summed E-state index contributed by atoms with van der Waals surface area (Å²) in [6, 6.07) is 9.89. The Kier molecular flexibility index (Phi) is 9.57. The third kappa shape index (κ3) is 5.76. The molecule has 2 aromatic carbocycles. The van der Waals surface area contributed by atoms with E-state index in [1.165, 1.54) is 103 Å². The zero-order chi connectivity index (χ0) is 24.2. The lowest BCUT2D eigenvalue weighted by molar-refractivity contribution is 0.434. The number of benzene rings is 2. The van der Waals surface area contributed by atoms with Gasteiger partial charge in [0.15, 0.2) is 0 Å². The summed E-state index contributed by atoms with van der Waals surface area (Å²) in [6.07, 6.45) is 13.0. The molecule has 0 saturated carbocycles. The van der Waals surface area contributed by atoms with Crippen molar-refractivity contribution in [3.8, 4) is 0 Å². The maximum absolute atomic E-state index is 3.79. The molecule has 0 nitrogen and oxygen atoms in total. The summed E-state index contributed by atoms with van der Waals surface area (Å²) in [4.78, 5) is 0. The van der Waals surface area contributed by atoms with Crippen LogP contribution in [0.25, 0.3) is 30.9 Å². The van der Waals surface area contributed by atoms with Gasteiger partial charge in [0, 0.05) is 10.8 Å². The van der Waals surface area contributed by atoms with Crippen LogP contribution in [0.3, 0.4) is 0 Å². The third-order valence-corrected chi connectivity index (χ3v) is 11.1. The van der Waals surface area contributed by atoms with Crippen molar-refractivity contribution in [2.24, 2.45) is 11.8 Å². The van der Waals surface area contributed by atoms with Crippen molar-refractivity contribution in [1.82, 2.24) is 0 Å². The quantitative estimate of drug-likeness (QED) is 0.147. The molecule has 4 heteroatoms. The molecule has 0 aliphatic carbocycles. The molecule has 4 rings (SSSR count). The number of hydrogen-bond acceptors (Lipinski definition) is 2. The minimum atomic E-state index is 0.788. The zero-order valence-corrected chi connectivity index (χ0v) is 25.9. The Labute approximate surface area is 230 Å². The first kappa shape index (κ1) is 26.6. The smallest absolute Gasteiger partial charge is 0.0711 e. The van der Waals surface area contributed by atoms with Gasteiger partial charge in [0.2, 0.25) is 0 Å². The van der Waals surface area contributed by atoms with Crippen LogP contribution in [-0.4, -0.2) is 0 Å². The minimum absolute atomic E-state index is 0.788.